The summed E-state index contributed by atoms with van der Waals surface area (Å²) < 4.78 is 8.29. The average Bonchev–Trinajstić information content (AvgIpc) is 3.24. The van der Waals surface area contributed by atoms with Crippen molar-refractivity contribution in [3.05, 3.63) is 89.7 Å². The van der Waals surface area contributed by atoms with Crippen LogP contribution >= 0.6 is 23.4 Å². The van der Waals surface area contributed by atoms with Gasteiger partial charge < -0.3 is 9.30 Å². The van der Waals surface area contributed by atoms with Crippen molar-refractivity contribution in [2.24, 2.45) is 7.05 Å². The van der Waals surface area contributed by atoms with Crippen LogP contribution in [0.5, 0.6) is 5.75 Å². The van der Waals surface area contributed by atoms with E-state index in [-0.39, 0.29) is 6.61 Å². The number of para-hydroxylation sites is 1. The molecule has 0 spiro atoms. The van der Waals surface area contributed by atoms with E-state index in [1.165, 1.54) is 11.8 Å². The summed E-state index contributed by atoms with van der Waals surface area (Å²) in [7, 11) is 1.98. The van der Waals surface area contributed by atoms with Crippen LogP contribution in [0.3, 0.4) is 0 Å². The molecule has 0 bridgehead atoms. The highest BCUT2D eigenvalue weighted by Crippen LogP contribution is 2.35. The number of ether oxygens (including phenoxy) is 1. The molecule has 0 amide bonds. The third kappa shape index (κ3) is 4.42. The first-order valence-corrected chi connectivity index (χ1v) is 11.5. The van der Waals surface area contributed by atoms with Gasteiger partial charge in [0.1, 0.15) is 28.7 Å². The van der Waals surface area contributed by atoms with Crippen LogP contribution in [0.15, 0.2) is 83.4 Å². The Bertz CT molecular complexity index is 1440. The van der Waals surface area contributed by atoms with Crippen LogP contribution in [-0.2, 0) is 13.7 Å². The van der Waals surface area contributed by atoms with E-state index in [0.29, 0.717) is 10.8 Å². The quantitative estimate of drug-likeness (QED) is 0.296. The molecular formula is C25H20ClN5OS. The Labute approximate surface area is 200 Å². The first kappa shape index (κ1) is 21.4. The molecule has 0 fully saturated rings. The molecule has 4 aromatic heterocycles. The van der Waals surface area contributed by atoms with Gasteiger partial charge in [-0.25, -0.2) is 15.0 Å². The van der Waals surface area contributed by atoms with Gasteiger partial charge in [-0.15, -0.1) is 0 Å². The molecule has 0 radical (unpaired) electrons. The monoisotopic (exact) mass is 473 g/mol. The van der Waals surface area contributed by atoms with Gasteiger partial charge in [0.05, 0.1) is 5.02 Å². The molecular weight excluding hydrogens is 454 g/mol. The van der Waals surface area contributed by atoms with Gasteiger partial charge in [-0.1, -0.05) is 41.6 Å². The second-order valence-corrected chi connectivity index (χ2v) is 8.95. The van der Waals surface area contributed by atoms with Crippen LogP contribution in [0.4, 0.5) is 0 Å². The van der Waals surface area contributed by atoms with Gasteiger partial charge in [0.2, 0.25) is 0 Å². The van der Waals surface area contributed by atoms with Crippen molar-refractivity contribution in [3.8, 4) is 17.1 Å². The van der Waals surface area contributed by atoms with Crippen molar-refractivity contribution in [2.75, 3.05) is 0 Å². The van der Waals surface area contributed by atoms with Gasteiger partial charge in [-0.05, 0) is 31.2 Å². The molecule has 5 aromatic rings. The van der Waals surface area contributed by atoms with E-state index >= 15 is 0 Å². The van der Waals surface area contributed by atoms with Crippen molar-refractivity contribution >= 4 is 34.3 Å². The Kier molecular flexibility index (Phi) is 5.98. The molecule has 0 saturated heterocycles. The molecule has 8 heteroatoms. The summed E-state index contributed by atoms with van der Waals surface area (Å²) in [6, 6.07) is 13.8. The molecule has 0 atom stereocenters. The Morgan fingerprint density at radius 3 is 2.76 bits per heavy atom. The minimum atomic E-state index is 0.281. The van der Waals surface area contributed by atoms with Crippen LogP contribution in [0.25, 0.3) is 22.3 Å². The standard InChI is InChI=1S/C25H20ClN5OS/c1-16-12-18(25-29-10-11-31(25)2)17-6-5-7-21(24(17)30-16)32-15-19-20(26)13-27-14-22(19)33-23-8-3-4-9-28-23/h3-14H,15H2,1-2H3. The molecule has 33 heavy (non-hydrogen) atoms. The number of fused-ring (bicyclic) bond motifs is 1. The third-order valence-corrected chi connectivity index (χ3v) is 6.53. The number of rotatable bonds is 6. The van der Waals surface area contributed by atoms with Crippen LogP contribution in [0.2, 0.25) is 5.02 Å². The topological polar surface area (TPSA) is 65.7 Å². The van der Waals surface area contributed by atoms with Gasteiger partial charge in [0.25, 0.3) is 0 Å². The highest BCUT2D eigenvalue weighted by atomic mass is 35.5. The molecule has 6 nitrogen and oxygen atoms in total. The normalized spacial score (nSPS) is 11.1. The number of aromatic nitrogens is 5. The predicted octanol–water partition coefficient (Wildman–Crippen LogP) is 6.12. The van der Waals surface area contributed by atoms with Crippen molar-refractivity contribution < 1.29 is 4.74 Å². The summed E-state index contributed by atoms with van der Waals surface area (Å²) in [6.45, 7) is 2.26. The average molecular weight is 474 g/mol. The van der Waals surface area contributed by atoms with Gasteiger partial charge in [-0.3, -0.25) is 4.98 Å². The summed E-state index contributed by atoms with van der Waals surface area (Å²) in [5, 5.41) is 2.40. The molecule has 0 aliphatic heterocycles. The fraction of sp³-hybridized carbons (Fsp3) is 0.120. The SMILES string of the molecule is Cc1cc(-c2nccn2C)c2cccc(OCc3c(Cl)cncc3Sc3ccccn3)c2n1. The fourth-order valence-electron chi connectivity index (χ4n) is 3.62. The smallest absolute Gasteiger partial charge is 0.146 e. The molecule has 1 aromatic carbocycles. The number of aryl methyl sites for hydroxylation is 2. The van der Waals surface area contributed by atoms with Crippen molar-refractivity contribution in [1.82, 2.24) is 24.5 Å². The number of hydrogen-bond acceptors (Lipinski definition) is 6. The largest absolute Gasteiger partial charge is 0.487 e. The molecule has 0 saturated carbocycles. The third-order valence-electron chi connectivity index (χ3n) is 5.18. The van der Waals surface area contributed by atoms with E-state index < -0.39 is 0 Å². The fourth-order valence-corrected chi connectivity index (χ4v) is 4.78. The molecule has 5 rings (SSSR count). The Morgan fingerprint density at radius 2 is 1.97 bits per heavy atom. The number of benzene rings is 1. The van der Waals surface area contributed by atoms with Gasteiger partial charge in [-0.2, -0.15) is 0 Å². The molecule has 0 N–H and O–H groups in total. The zero-order valence-electron chi connectivity index (χ0n) is 18.1. The van der Waals surface area contributed by atoms with E-state index in [4.69, 9.17) is 21.3 Å². The van der Waals surface area contributed by atoms with E-state index in [1.807, 2.05) is 61.1 Å². The van der Waals surface area contributed by atoms with Crippen molar-refractivity contribution in [1.29, 1.82) is 0 Å². The molecule has 164 valence electrons. The Balaban J connectivity index is 1.50. The number of pyridine rings is 3. The van der Waals surface area contributed by atoms with Gasteiger partial charge >= 0.3 is 0 Å². The lowest BCUT2D eigenvalue weighted by Crippen LogP contribution is -2.01. The van der Waals surface area contributed by atoms with Gasteiger partial charge in [0, 0.05) is 65.1 Å². The lowest BCUT2D eigenvalue weighted by Gasteiger charge is -2.14. The lowest BCUT2D eigenvalue weighted by molar-refractivity contribution is 0.306. The zero-order valence-corrected chi connectivity index (χ0v) is 19.6. The Morgan fingerprint density at radius 1 is 1.06 bits per heavy atom. The summed E-state index contributed by atoms with van der Waals surface area (Å²) in [6.07, 6.45) is 8.91. The van der Waals surface area contributed by atoms with E-state index in [1.54, 1.807) is 24.8 Å². The van der Waals surface area contributed by atoms with Crippen LogP contribution in [0, 0.1) is 6.92 Å². The second kappa shape index (κ2) is 9.21. The molecule has 0 aliphatic carbocycles. The highest BCUT2D eigenvalue weighted by Gasteiger charge is 2.15. The first-order chi connectivity index (χ1) is 16.1. The van der Waals surface area contributed by atoms with Crippen molar-refractivity contribution in [3.63, 3.8) is 0 Å². The minimum Gasteiger partial charge on any atom is -0.487 e. The summed E-state index contributed by atoms with van der Waals surface area (Å²) in [5.41, 5.74) is 3.56. The number of halogens is 1. The number of imidazole rings is 1. The second-order valence-electron chi connectivity index (χ2n) is 7.48. The van der Waals surface area contributed by atoms with E-state index in [9.17, 15) is 0 Å². The van der Waals surface area contributed by atoms with E-state index in [2.05, 4.69) is 21.0 Å². The molecule has 4 heterocycles. The first-order valence-electron chi connectivity index (χ1n) is 10.3. The van der Waals surface area contributed by atoms with Gasteiger partial charge in [0.15, 0.2) is 0 Å². The predicted molar refractivity (Wildman–Crippen MR) is 131 cm³/mol. The van der Waals surface area contributed by atoms with Crippen LogP contribution < -0.4 is 4.74 Å². The van der Waals surface area contributed by atoms with Crippen LogP contribution in [0.1, 0.15) is 11.3 Å². The van der Waals surface area contributed by atoms with Crippen LogP contribution in [-0.4, -0.2) is 24.5 Å². The maximum Gasteiger partial charge on any atom is 0.146 e. The lowest BCUT2D eigenvalue weighted by atomic mass is 10.1. The summed E-state index contributed by atoms with van der Waals surface area (Å²) in [5.74, 6) is 1.57. The molecule has 0 aliphatic rings. The maximum absolute atomic E-state index is 6.51. The summed E-state index contributed by atoms with van der Waals surface area (Å²) in [4.78, 5) is 18.8. The Hall–Kier alpha value is -3.42. The highest BCUT2D eigenvalue weighted by molar-refractivity contribution is 7.99. The zero-order chi connectivity index (χ0) is 22.8. The minimum absolute atomic E-state index is 0.281. The maximum atomic E-state index is 6.51. The number of nitrogens with zero attached hydrogens (tertiary/aromatic N) is 5. The van der Waals surface area contributed by atoms with E-state index in [0.717, 1.165) is 43.5 Å². The summed E-state index contributed by atoms with van der Waals surface area (Å²) >= 11 is 8.02. The molecule has 0 unspecified atom stereocenters. The number of hydrogen-bond donors (Lipinski definition) is 0. The van der Waals surface area contributed by atoms with Crippen molar-refractivity contribution in [2.45, 2.75) is 23.5 Å².